The lowest BCUT2D eigenvalue weighted by Crippen LogP contribution is -2.63. The largest absolute Gasteiger partial charge is 0.391 e. The third-order valence-corrected chi connectivity index (χ3v) is 15.2. The summed E-state index contributed by atoms with van der Waals surface area (Å²) in [5.74, 6) is -11.3. The number of rotatable bonds is 24. The SMILES string of the molecule is CC(C)[C@H](C)[C@@H]1NC(=O)[C@@H](Cc2ccccc2)NC(=O)[C@H](CCN)NC(=O)[C@@H](NC(=O)[C@@H](CN)NC(=O)[C@@H](NC(=O)[C@H](CCN)NC(=O)c2ccnc(-c3cccc(Cl)c3)c2)[C@@H](C)O)CCNC(=O)[C@H]([C@@H](C)O)NC(=O)[C@H](CCN)NC(=O)[C@H](CCN)NC1=O. The smallest absolute Gasteiger partial charge is 0.252 e. The van der Waals surface area contributed by atoms with E-state index in [1.54, 1.807) is 75.4 Å². The van der Waals surface area contributed by atoms with Crippen LogP contribution in [0.1, 0.15) is 82.6 Å². The molecule has 90 heavy (non-hydrogen) atoms. The number of aromatic nitrogens is 1. The van der Waals surface area contributed by atoms with Crippen LogP contribution in [0.2, 0.25) is 5.02 Å². The Morgan fingerprint density at radius 1 is 0.600 bits per heavy atom. The van der Waals surface area contributed by atoms with Crippen LogP contribution in [0, 0.1) is 11.8 Å². The number of aliphatic hydroxyl groups is 2. The monoisotopic (exact) mass is 1280 g/mol. The fraction of sp³-hybridized carbons (Fsp3) is 0.525. The third-order valence-electron chi connectivity index (χ3n) is 14.9. The van der Waals surface area contributed by atoms with Crippen LogP contribution in [0.15, 0.2) is 72.9 Å². The molecular formula is C59H88ClN17O13. The molecule has 0 spiro atoms. The minimum Gasteiger partial charge on any atom is -0.391 e. The van der Waals surface area contributed by atoms with Gasteiger partial charge < -0.3 is 97.4 Å². The molecule has 0 saturated carbocycles. The van der Waals surface area contributed by atoms with Crippen LogP contribution in [0.5, 0.6) is 0 Å². The van der Waals surface area contributed by atoms with Gasteiger partial charge in [-0.3, -0.25) is 57.7 Å². The second-order valence-electron chi connectivity index (χ2n) is 22.2. The first-order valence-electron chi connectivity index (χ1n) is 29.7. The van der Waals surface area contributed by atoms with Gasteiger partial charge in [0, 0.05) is 41.9 Å². The number of pyridine rings is 1. The summed E-state index contributed by atoms with van der Waals surface area (Å²) in [5, 5.41) is 49.9. The molecule has 0 bridgehead atoms. The molecule has 1 aliphatic heterocycles. The molecule has 4 rings (SSSR count). The second kappa shape index (κ2) is 37.1. The molecule has 1 fully saturated rings. The number of nitrogens with two attached hydrogens (primary N) is 5. The average Bonchev–Trinajstić information content (AvgIpc) is 2.25. The number of hydrogen-bond acceptors (Lipinski definition) is 19. The van der Waals surface area contributed by atoms with Gasteiger partial charge >= 0.3 is 0 Å². The van der Waals surface area contributed by atoms with Crippen LogP contribution in [-0.4, -0.2) is 192 Å². The zero-order chi connectivity index (χ0) is 66.8. The van der Waals surface area contributed by atoms with Crippen molar-refractivity contribution in [3.63, 3.8) is 0 Å². The first kappa shape index (κ1) is 74.2. The molecule has 0 radical (unpaired) electrons. The summed E-state index contributed by atoms with van der Waals surface area (Å²) >= 11 is 6.16. The molecule has 1 saturated heterocycles. The zero-order valence-electron chi connectivity index (χ0n) is 51.1. The van der Waals surface area contributed by atoms with Crippen molar-refractivity contribution in [3.05, 3.63) is 89.1 Å². The van der Waals surface area contributed by atoms with E-state index >= 15 is 0 Å². The Kier molecular flexibility index (Phi) is 30.6. The van der Waals surface area contributed by atoms with Crippen molar-refractivity contribution >= 4 is 76.6 Å². The summed E-state index contributed by atoms with van der Waals surface area (Å²) in [7, 11) is 0. The van der Waals surface area contributed by atoms with Gasteiger partial charge in [0.15, 0.2) is 0 Å². The van der Waals surface area contributed by atoms with E-state index in [9.17, 15) is 63.0 Å². The molecule has 13 atom stereocenters. The zero-order valence-corrected chi connectivity index (χ0v) is 51.8. The molecule has 0 unspecified atom stereocenters. The van der Waals surface area contributed by atoms with E-state index < -0.39 is 163 Å². The molecule has 1 aliphatic rings. The van der Waals surface area contributed by atoms with E-state index in [0.717, 1.165) is 6.92 Å². The highest BCUT2D eigenvalue weighted by atomic mass is 35.5. The molecule has 2 aromatic carbocycles. The molecule has 0 aliphatic carbocycles. The lowest BCUT2D eigenvalue weighted by atomic mass is 9.89. The van der Waals surface area contributed by atoms with Gasteiger partial charge in [-0.1, -0.05) is 74.8 Å². The molecule has 31 heteroatoms. The Morgan fingerprint density at radius 3 is 1.72 bits per heavy atom. The normalized spacial score (nSPS) is 22.2. The summed E-state index contributed by atoms with van der Waals surface area (Å²) < 4.78 is 0. The van der Waals surface area contributed by atoms with E-state index in [0.29, 0.717) is 21.8 Å². The maximum atomic E-state index is 14.6. The predicted molar refractivity (Wildman–Crippen MR) is 332 cm³/mol. The second-order valence-corrected chi connectivity index (χ2v) is 22.6. The Hall–Kier alpha value is -8.23. The van der Waals surface area contributed by atoms with E-state index in [-0.39, 0.29) is 69.8 Å². The third kappa shape index (κ3) is 22.7. The number of amides is 11. The van der Waals surface area contributed by atoms with Crippen molar-refractivity contribution in [2.75, 3.05) is 39.3 Å². The fourth-order valence-electron chi connectivity index (χ4n) is 9.37. The molecular weight excluding hydrogens is 1190 g/mol. The van der Waals surface area contributed by atoms with Gasteiger partial charge in [-0.05, 0) is 114 Å². The molecule has 2 heterocycles. The van der Waals surface area contributed by atoms with Crippen molar-refractivity contribution in [1.29, 1.82) is 0 Å². The van der Waals surface area contributed by atoms with Crippen LogP contribution < -0.4 is 87.2 Å². The molecule has 11 amide bonds. The lowest BCUT2D eigenvalue weighted by Gasteiger charge is -2.31. The summed E-state index contributed by atoms with van der Waals surface area (Å²) in [4.78, 5) is 160. The minimum absolute atomic E-state index is 0.106. The van der Waals surface area contributed by atoms with Crippen molar-refractivity contribution in [2.45, 2.75) is 146 Å². The number of carbonyl (C=O) groups is 11. The fourth-order valence-corrected chi connectivity index (χ4v) is 9.57. The number of carbonyl (C=O) groups excluding carboxylic acids is 11. The number of hydrogen-bond donors (Lipinski definition) is 18. The Balaban J connectivity index is 1.69. The number of nitrogens with one attached hydrogen (secondary N) is 11. The maximum Gasteiger partial charge on any atom is 0.252 e. The van der Waals surface area contributed by atoms with Crippen molar-refractivity contribution in [2.24, 2.45) is 40.5 Å². The van der Waals surface area contributed by atoms with Crippen molar-refractivity contribution in [3.8, 4) is 11.3 Å². The highest BCUT2D eigenvalue weighted by Crippen LogP contribution is 2.22. The Bertz CT molecular complexity index is 2940. The van der Waals surface area contributed by atoms with E-state index in [1.165, 1.54) is 25.3 Å². The molecule has 3 aromatic rings. The first-order chi connectivity index (χ1) is 42.8. The summed E-state index contributed by atoms with van der Waals surface area (Å²) in [5.41, 5.74) is 31.3. The highest BCUT2D eigenvalue weighted by Gasteiger charge is 2.39. The van der Waals surface area contributed by atoms with Gasteiger partial charge in [-0.2, -0.15) is 0 Å². The molecule has 30 nitrogen and oxygen atoms in total. The van der Waals surface area contributed by atoms with Crippen molar-refractivity contribution in [1.82, 2.24) is 63.5 Å². The quantitative estimate of drug-likeness (QED) is 0.0399. The lowest BCUT2D eigenvalue weighted by molar-refractivity contribution is -0.137. The van der Waals surface area contributed by atoms with Crippen molar-refractivity contribution < 1.29 is 63.0 Å². The standard InChI is InChI=1S/C59H88ClN17O13/c1-30(2)31(3)46-58(89)72-39(15-21-62)50(81)70-41(17-23-64)54(85)76-47(32(4)78)57(88)67-25-19-42(52(83)69-38(14-20-61)51(82)73-44(55(86)75-46)26-34-10-7-6-8-11-34)71-56(87)45(29-65)74-59(90)48(33(5)79)77-53(84)40(16-22-63)68-49(80)36-18-24-66-43(28-36)35-12-9-13-37(60)27-35/h6-13,18,24,27-28,30-33,38-42,44-48,78-79H,14-17,19-23,25-26,29,61-65H2,1-5H3,(H,67,88)(H,68,80)(H,69,83)(H,70,81)(H,71,87)(H,72,89)(H,73,82)(H,74,90)(H,75,86)(H,76,85)(H,77,84)/t31-,32+,33+,38-,39-,40-,41-,42-,44+,45+,46-,47-,48-/m0/s1. The van der Waals surface area contributed by atoms with E-state index in [4.69, 9.17) is 40.3 Å². The Labute approximate surface area is 527 Å². The van der Waals surface area contributed by atoms with Crippen LogP contribution in [0.25, 0.3) is 11.3 Å². The molecule has 494 valence electrons. The van der Waals surface area contributed by atoms with Gasteiger partial charge in [0.05, 0.1) is 17.9 Å². The number of nitrogens with zero attached hydrogens (tertiary/aromatic N) is 1. The summed E-state index contributed by atoms with van der Waals surface area (Å²) in [6, 6.07) is 2.70. The minimum atomic E-state index is -1.80. The van der Waals surface area contributed by atoms with Crippen LogP contribution in [0.3, 0.4) is 0 Å². The summed E-state index contributed by atoms with van der Waals surface area (Å²) in [6.07, 6.45) is -3.21. The molecule has 23 N–H and O–H groups in total. The molecule has 1 aromatic heterocycles. The Morgan fingerprint density at radius 2 is 1.17 bits per heavy atom. The first-order valence-corrected chi connectivity index (χ1v) is 30.1. The van der Waals surface area contributed by atoms with Gasteiger partial charge in [-0.15, -0.1) is 0 Å². The number of benzene rings is 2. The predicted octanol–water partition coefficient (Wildman–Crippen LogP) is -4.97. The number of aliphatic hydroxyl groups excluding tert-OH is 2. The highest BCUT2D eigenvalue weighted by molar-refractivity contribution is 6.30. The number of halogens is 1. The topological polar surface area (TPSA) is 504 Å². The maximum absolute atomic E-state index is 14.6. The van der Waals surface area contributed by atoms with Crippen LogP contribution >= 0.6 is 11.6 Å². The van der Waals surface area contributed by atoms with Gasteiger partial charge in [0.25, 0.3) is 5.91 Å². The average molecular weight is 1280 g/mol. The summed E-state index contributed by atoms with van der Waals surface area (Å²) in [6.45, 7) is 5.86. The van der Waals surface area contributed by atoms with E-state index in [1.807, 2.05) is 0 Å². The van der Waals surface area contributed by atoms with Gasteiger partial charge in [0.1, 0.15) is 60.4 Å². The van der Waals surface area contributed by atoms with Gasteiger partial charge in [-0.25, -0.2) is 0 Å². The van der Waals surface area contributed by atoms with Gasteiger partial charge in [0.2, 0.25) is 59.1 Å². The van der Waals surface area contributed by atoms with Crippen LogP contribution in [-0.2, 0) is 54.4 Å². The van der Waals surface area contributed by atoms with Crippen LogP contribution in [0.4, 0.5) is 0 Å². The van der Waals surface area contributed by atoms with E-state index in [2.05, 4.69) is 63.5 Å².